The van der Waals surface area contributed by atoms with E-state index in [1.54, 1.807) is 6.92 Å². The second-order valence-electron chi connectivity index (χ2n) is 5.44. The van der Waals surface area contributed by atoms with Gasteiger partial charge in [-0.05, 0) is 37.1 Å². The van der Waals surface area contributed by atoms with Crippen LogP contribution in [0.3, 0.4) is 0 Å². The number of piperazine rings is 1. The summed E-state index contributed by atoms with van der Waals surface area (Å²) in [5, 5.41) is 0. The van der Waals surface area contributed by atoms with E-state index < -0.39 is 0 Å². The molecule has 0 unspecified atom stereocenters. The van der Waals surface area contributed by atoms with Crippen LogP contribution >= 0.6 is 0 Å². The minimum absolute atomic E-state index is 0.177. The molecule has 1 aromatic rings. The molecule has 0 saturated carbocycles. The van der Waals surface area contributed by atoms with Gasteiger partial charge in [-0.3, -0.25) is 9.69 Å². The number of nitrogens with zero attached hydrogens (tertiary/aromatic N) is 2. The third-order valence-corrected chi connectivity index (χ3v) is 3.97. The Morgan fingerprint density at radius 2 is 1.85 bits per heavy atom. The van der Waals surface area contributed by atoms with Crippen LogP contribution in [0.1, 0.15) is 18.1 Å². The Balaban J connectivity index is 1.71. The summed E-state index contributed by atoms with van der Waals surface area (Å²) >= 11 is 0. The van der Waals surface area contributed by atoms with E-state index in [0.717, 1.165) is 38.5 Å². The first-order valence-electron chi connectivity index (χ1n) is 7.24. The lowest BCUT2D eigenvalue weighted by molar-refractivity contribution is -0.130. The van der Waals surface area contributed by atoms with Crippen LogP contribution in [0.25, 0.3) is 0 Å². The van der Waals surface area contributed by atoms with Crippen molar-refractivity contribution in [2.24, 2.45) is 0 Å². The Morgan fingerprint density at radius 1 is 1.15 bits per heavy atom. The van der Waals surface area contributed by atoms with Crippen molar-refractivity contribution in [1.82, 2.24) is 9.80 Å². The lowest BCUT2D eigenvalue weighted by Crippen LogP contribution is -2.48. The first-order chi connectivity index (χ1) is 9.56. The van der Waals surface area contributed by atoms with E-state index >= 15 is 0 Å². The van der Waals surface area contributed by atoms with Crippen LogP contribution in [-0.2, 0) is 4.79 Å². The van der Waals surface area contributed by atoms with Gasteiger partial charge < -0.3 is 9.64 Å². The molecule has 1 aromatic carbocycles. The predicted molar refractivity (Wildman–Crippen MR) is 80.1 cm³/mol. The van der Waals surface area contributed by atoms with E-state index in [0.29, 0.717) is 6.61 Å². The second kappa shape index (κ2) is 6.75. The lowest BCUT2D eigenvalue weighted by atomic mass is 10.1. The van der Waals surface area contributed by atoms with Crippen molar-refractivity contribution >= 4 is 5.91 Å². The van der Waals surface area contributed by atoms with Gasteiger partial charge in [0, 0.05) is 39.6 Å². The van der Waals surface area contributed by atoms with E-state index in [2.05, 4.69) is 30.9 Å². The molecule has 4 heteroatoms. The number of amides is 1. The van der Waals surface area contributed by atoms with Crippen LogP contribution in [0.5, 0.6) is 5.75 Å². The van der Waals surface area contributed by atoms with Gasteiger partial charge in [0.25, 0.3) is 0 Å². The molecule has 1 saturated heterocycles. The highest BCUT2D eigenvalue weighted by Gasteiger charge is 2.17. The Bertz CT molecular complexity index is 466. The van der Waals surface area contributed by atoms with Crippen molar-refractivity contribution < 1.29 is 9.53 Å². The normalized spacial score (nSPS) is 16.2. The van der Waals surface area contributed by atoms with Crippen LogP contribution in [-0.4, -0.2) is 55.0 Å². The van der Waals surface area contributed by atoms with E-state index in [1.165, 1.54) is 11.1 Å². The molecule has 110 valence electrons. The van der Waals surface area contributed by atoms with E-state index in [9.17, 15) is 4.79 Å². The number of carbonyl (C=O) groups is 1. The first kappa shape index (κ1) is 14.9. The zero-order valence-electron chi connectivity index (χ0n) is 12.7. The lowest BCUT2D eigenvalue weighted by Gasteiger charge is -2.34. The first-order valence-corrected chi connectivity index (χ1v) is 7.24. The molecule has 2 rings (SSSR count). The molecule has 0 atom stereocenters. The molecular weight excluding hydrogens is 252 g/mol. The average molecular weight is 276 g/mol. The molecule has 4 nitrogen and oxygen atoms in total. The van der Waals surface area contributed by atoms with E-state index in [-0.39, 0.29) is 5.91 Å². The van der Waals surface area contributed by atoms with Gasteiger partial charge in [0.05, 0.1) is 0 Å². The highest BCUT2D eigenvalue weighted by atomic mass is 16.5. The largest absolute Gasteiger partial charge is 0.492 e. The van der Waals surface area contributed by atoms with Crippen LogP contribution in [0.15, 0.2) is 18.2 Å². The quantitative estimate of drug-likeness (QED) is 0.841. The SMILES string of the molecule is CC(=O)N1CCN(CCOc2ccc(C)c(C)c2)CC1. The van der Waals surface area contributed by atoms with Gasteiger partial charge in [0.1, 0.15) is 12.4 Å². The number of ether oxygens (including phenoxy) is 1. The Labute approximate surface area is 121 Å². The molecule has 0 N–H and O–H groups in total. The van der Waals surface area contributed by atoms with Gasteiger partial charge >= 0.3 is 0 Å². The number of rotatable bonds is 4. The predicted octanol–water partition coefficient (Wildman–Crippen LogP) is 1.85. The van der Waals surface area contributed by atoms with E-state index in [1.807, 2.05) is 11.0 Å². The third-order valence-electron chi connectivity index (χ3n) is 3.97. The average Bonchev–Trinajstić information content (AvgIpc) is 2.43. The minimum atomic E-state index is 0.177. The Kier molecular flexibility index (Phi) is 5.01. The third kappa shape index (κ3) is 3.97. The second-order valence-corrected chi connectivity index (χ2v) is 5.44. The van der Waals surface area contributed by atoms with Gasteiger partial charge in [0.15, 0.2) is 0 Å². The van der Waals surface area contributed by atoms with Crippen molar-refractivity contribution in [1.29, 1.82) is 0 Å². The van der Waals surface area contributed by atoms with Gasteiger partial charge in [0.2, 0.25) is 5.91 Å². The monoisotopic (exact) mass is 276 g/mol. The number of hydrogen-bond donors (Lipinski definition) is 0. The summed E-state index contributed by atoms with van der Waals surface area (Å²) in [7, 11) is 0. The van der Waals surface area contributed by atoms with Crippen molar-refractivity contribution in [3.05, 3.63) is 29.3 Å². The topological polar surface area (TPSA) is 32.8 Å². The van der Waals surface area contributed by atoms with Crippen molar-refractivity contribution in [3.63, 3.8) is 0 Å². The highest BCUT2D eigenvalue weighted by molar-refractivity contribution is 5.73. The van der Waals surface area contributed by atoms with Crippen LogP contribution in [0.4, 0.5) is 0 Å². The highest BCUT2D eigenvalue weighted by Crippen LogP contribution is 2.16. The summed E-state index contributed by atoms with van der Waals surface area (Å²) in [5.41, 5.74) is 2.55. The standard InChI is InChI=1S/C16H24N2O2/c1-13-4-5-16(12-14(13)2)20-11-10-17-6-8-18(9-7-17)15(3)19/h4-5,12H,6-11H2,1-3H3. The summed E-state index contributed by atoms with van der Waals surface area (Å²) < 4.78 is 5.80. The van der Waals surface area contributed by atoms with Gasteiger partial charge in [-0.25, -0.2) is 0 Å². The fourth-order valence-electron chi connectivity index (χ4n) is 2.38. The van der Waals surface area contributed by atoms with Crippen LogP contribution < -0.4 is 4.74 Å². The molecular formula is C16H24N2O2. The summed E-state index contributed by atoms with van der Waals surface area (Å²) in [4.78, 5) is 15.5. The Hall–Kier alpha value is -1.55. The van der Waals surface area contributed by atoms with Crippen LogP contribution in [0, 0.1) is 13.8 Å². The molecule has 0 radical (unpaired) electrons. The maximum absolute atomic E-state index is 11.2. The molecule has 1 fully saturated rings. The number of hydrogen-bond acceptors (Lipinski definition) is 3. The summed E-state index contributed by atoms with van der Waals surface area (Å²) in [5.74, 6) is 1.12. The van der Waals surface area contributed by atoms with Crippen molar-refractivity contribution in [2.45, 2.75) is 20.8 Å². The smallest absolute Gasteiger partial charge is 0.219 e. The maximum Gasteiger partial charge on any atom is 0.219 e. The summed E-state index contributed by atoms with van der Waals surface area (Å²) in [6.45, 7) is 11.0. The molecule has 0 aliphatic carbocycles. The number of carbonyl (C=O) groups excluding carboxylic acids is 1. The molecule has 1 aliphatic heterocycles. The Morgan fingerprint density at radius 3 is 2.45 bits per heavy atom. The zero-order valence-corrected chi connectivity index (χ0v) is 12.7. The van der Waals surface area contributed by atoms with Crippen molar-refractivity contribution in [3.8, 4) is 5.75 Å². The molecule has 1 heterocycles. The summed E-state index contributed by atoms with van der Waals surface area (Å²) in [6.07, 6.45) is 0. The van der Waals surface area contributed by atoms with Gasteiger partial charge in [-0.2, -0.15) is 0 Å². The maximum atomic E-state index is 11.2. The fourth-order valence-corrected chi connectivity index (χ4v) is 2.38. The van der Waals surface area contributed by atoms with Gasteiger partial charge in [-0.1, -0.05) is 6.07 Å². The number of benzene rings is 1. The molecule has 1 amide bonds. The van der Waals surface area contributed by atoms with Crippen LogP contribution in [0.2, 0.25) is 0 Å². The molecule has 0 aromatic heterocycles. The zero-order chi connectivity index (χ0) is 14.5. The summed E-state index contributed by atoms with van der Waals surface area (Å²) in [6, 6.07) is 6.20. The van der Waals surface area contributed by atoms with Gasteiger partial charge in [-0.15, -0.1) is 0 Å². The van der Waals surface area contributed by atoms with Crippen molar-refractivity contribution in [2.75, 3.05) is 39.3 Å². The minimum Gasteiger partial charge on any atom is -0.492 e. The molecule has 0 spiro atoms. The molecule has 20 heavy (non-hydrogen) atoms. The number of aryl methyl sites for hydroxylation is 2. The molecule has 0 bridgehead atoms. The van der Waals surface area contributed by atoms with E-state index in [4.69, 9.17) is 4.74 Å². The molecule has 1 aliphatic rings. The fraction of sp³-hybridized carbons (Fsp3) is 0.562.